The molecule has 3 rings (SSSR count). The van der Waals surface area contributed by atoms with E-state index in [1.807, 2.05) is 18.3 Å². The van der Waals surface area contributed by atoms with Gasteiger partial charge in [-0.2, -0.15) is 5.10 Å². The van der Waals surface area contributed by atoms with Crippen LogP contribution >= 0.6 is 0 Å². The molecular formula is C15H21N5O. The fraction of sp³-hybridized carbons (Fsp3) is 0.467. The van der Waals surface area contributed by atoms with Gasteiger partial charge in [0.05, 0.1) is 23.0 Å². The van der Waals surface area contributed by atoms with Crippen LogP contribution in [0.4, 0.5) is 5.69 Å². The maximum atomic E-state index is 11.7. The first kappa shape index (κ1) is 13.9. The predicted octanol–water partition coefficient (Wildman–Crippen LogP) is 1.36. The second-order valence-corrected chi connectivity index (χ2v) is 6.34. The summed E-state index contributed by atoms with van der Waals surface area (Å²) in [6, 6.07) is 4.16. The molecule has 5 N–H and O–H groups in total. The van der Waals surface area contributed by atoms with Crippen molar-refractivity contribution >= 4 is 17.1 Å². The fourth-order valence-corrected chi connectivity index (χ4v) is 3.11. The Morgan fingerprint density at radius 2 is 2.24 bits per heavy atom. The van der Waals surface area contributed by atoms with Gasteiger partial charge in [0.25, 0.3) is 5.91 Å². The molecule has 0 aliphatic heterocycles. The lowest BCUT2D eigenvalue weighted by molar-refractivity contribution is 0.100. The fourth-order valence-electron chi connectivity index (χ4n) is 3.11. The summed E-state index contributed by atoms with van der Waals surface area (Å²) < 4.78 is 1.73. The Morgan fingerprint density at radius 3 is 2.86 bits per heavy atom. The molecule has 2 aromatic rings. The standard InChI is InChI=1S/C15H21N5O/c1-15(2)11(16)5-6-12(15)19-13-9(14(17)21)8-18-20-7-3-4-10(13)20/h3-4,7-8,11-12,19H,5-6,16H2,1-2H3,(H2,17,21)/t11-,12+/m1/s1. The van der Waals surface area contributed by atoms with Crippen LogP contribution in [-0.4, -0.2) is 27.6 Å². The molecule has 6 nitrogen and oxygen atoms in total. The maximum absolute atomic E-state index is 11.7. The molecule has 1 amide bonds. The number of hydrogen-bond acceptors (Lipinski definition) is 4. The number of nitrogens with one attached hydrogen (secondary N) is 1. The van der Waals surface area contributed by atoms with Crippen molar-refractivity contribution in [3.63, 3.8) is 0 Å². The van der Waals surface area contributed by atoms with E-state index in [-0.39, 0.29) is 17.5 Å². The average molecular weight is 287 g/mol. The smallest absolute Gasteiger partial charge is 0.252 e. The number of aromatic nitrogens is 2. The monoisotopic (exact) mass is 287 g/mol. The van der Waals surface area contributed by atoms with Gasteiger partial charge in [-0.15, -0.1) is 0 Å². The minimum Gasteiger partial charge on any atom is -0.379 e. The van der Waals surface area contributed by atoms with Crippen LogP contribution in [-0.2, 0) is 0 Å². The van der Waals surface area contributed by atoms with Gasteiger partial charge in [0.2, 0.25) is 0 Å². The Hall–Kier alpha value is -2.08. The first-order chi connectivity index (χ1) is 9.91. The Bertz CT molecular complexity index is 690. The molecule has 2 aromatic heterocycles. The molecule has 2 heterocycles. The normalized spacial score (nSPS) is 24.3. The Balaban J connectivity index is 2.05. The third-order valence-electron chi connectivity index (χ3n) is 4.77. The van der Waals surface area contributed by atoms with Crippen LogP contribution in [0.2, 0.25) is 0 Å². The largest absolute Gasteiger partial charge is 0.379 e. The van der Waals surface area contributed by atoms with Crippen molar-refractivity contribution in [1.29, 1.82) is 0 Å². The van der Waals surface area contributed by atoms with Crippen LogP contribution in [0, 0.1) is 5.41 Å². The first-order valence-corrected chi connectivity index (χ1v) is 7.19. The highest BCUT2D eigenvalue weighted by molar-refractivity contribution is 6.01. The lowest BCUT2D eigenvalue weighted by atomic mass is 9.84. The van der Waals surface area contributed by atoms with E-state index in [1.165, 1.54) is 6.20 Å². The molecule has 21 heavy (non-hydrogen) atoms. The second-order valence-electron chi connectivity index (χ2n) is 6.34. The van der Waals surface area contributed by atoms with Crippen molar-refractivity contribution in [2.24, 2.45) is 16.9 Å². The SMILES string of the molecule is CC1(C)[C@H](N)CC[C@@H]1Nc1c(C(N)=O)cnn2cccc12. The van der Waals surface area contributed by atoms with E-state index in [0.717, 1.165) is 24.0 Å². The van der Waals surface area contributed by atoms with Crippen molar-refractivity contribution < 1.29 is 4.79 Å². The van der Waals surface area contributed by atoms with E-state index in [1.54, 1.807) is 4.52 Å². The van der Waals surface area contributed by atoms with E-state index in [2.05, 4.69) is 24.3 Å². The highest BCUT2D eigenvalue weighted by atomic mass is 16.1. The average Bonchev–Trinajstić information content (AvgIpc) is 2.98. The highest BCUT2D eigenvalue weighted by Crippen LogP contribution is 2.39. The van der Waals surface area contributed by atoms with Gasteiger partial charge in [0, 0.05) is 18.3 Å². The first-order valence-electron chi connectivity index (χ1n) is 7.19. The molecule has 0 bridgehead atoms. The third kappa shape index (κ3) is 2.15. The van der Waals surface area contributed by atoms with Crippen LogP contribution in [0.25, 0.3) is 5.52 Å². The number of nitrogens with zero attached hydrogens (tertiary/aromatic N) is 2. The van der Waals surface area contributed by atoms with Crippen LogP contribution in [0.5, 0.6) is 0 Å². The molecule has 1 saturated carbocycles. The number of hydrogen-bond donors (Lipinski definition) is 3. The number of anilines is 1. The second kappa shape index (κ2) is 4.73. The summed E-state index contributed by atoms with van der Waals surface area (Å²) in [7, 11) is 0. The lowest BCUT2D eigenvalue weighted by Gasteiger charge is -2.32. The summed E-state index contributed by atoms with van der Waals surface area (Å²) in [6.45, 7) is 4.31. The van der Waals surface area contributed by atoms with Crippen LogP contribution < -0.4 is 16.8 Å². The van der Waals surface area contributed by atoms with Gasteiger partial charge >= 0.3 is 0 Å². The minimum atomic E-state index is -0.478. The zero-order valence-electron chi connectivity index (χ0n) is 12.3. The number of amides is 1. The third-order valence-corrected chi connectivity index (χ3v) is 4.77. The molecule has 0 unspecified atom stereocenters. The van der Waals surface area contributed by atoms with Gasteiger partial charge in [-0.1, -0.05) is 13.8 Å². The number of fused-ring (bicyclic) bond motifs is 1. The van der Waals surface area contributed by atoms with Crippen LogP contribution in [0.3, 0.4) is 0 Å². The van der Waals surface area contributed by atoms with Gasteiger partial charge in [0.15, 0.2) is 0 Å². The molecule has 2 atom stereocenters. The van der Waals surface area contributed by atoms with Crippen LogP contribution in [0.1, 0.15) is 37.0 Å². The molecule has 0 aromatic carbocycles. The van der Waals surface area contributed by atoms with Gasteiger partial charge in [-0.05, 0) is 30.4 Å². The summed E-state index contributed by atoms with van der Waals surface area (Å²) in [5.74, 6) is -0.478. The van der Waals surface area contributed by atoms with Crippen molar-refractivity contribution in [3.8, 4) is 0 Å². The van der Waals surface area contributed by atoms with E-state index in [9.17, 15) is 4.79 Å². The van der Waals surface area contributed by atoms with Gasteiger partial charge in [-0.3, -0.25) is 4.79 Å². The summed E-state index contributed by atoms with van der Waals surface area (Å²) >= 11 is 0. The Morgan fingerprint density at radius 1 is 1.48 bits per heavy atom. The summed E-state index contributed by atoms with van der Waals surface area (Å²) in [6.07, 6.45) is 5.30. The van der Waals surface area contributed by atoms with E-state index in [4.69, 9.17) is 11.5 Å². The Kier molecular flexibility index (Phi) is 3.13. The molecule has 6 heteroatoms. The molecule has 0 radical (unpaired) electrons. The predicted molar refractivity (Wildman–Crippen MR) is 82.1 cm³/mol. The van der Waals surface area contributed by atoms with Crippen molar-refractivity contribution in [2.75, 3.05) is 5.32 Å². The molecular weight excluding hydrogens is 266 g/mol. The molecule has 1 aliphatic carbocycles. The Labute approximate surface area is 123 Å². The molecule has 0 spiro atoms. The lowest BCUT2D eigenvalue weighted by Crippen LogP contribution is -2.42. The van der Waals surface area contributed by atoms with Crippen LogP contribution in [0.15, 0.2) is 24.5 Å². The van der Waals surface area contributed by atoms with E-state index >= 15 is 0 Å². The number of rotatable bonds is 3. The quantitative estimate of drug-likeness (QED) is 0.793. The van der Waals surface area contributed by atoms with Crippen molar-refractivity contribution in [2.45, 2.75) is 38.8 Å². The molecule has 112 valence electrons. The van der Waals surface area contributed by atoms with Crippen molar-refractivity contribution in [1.82, 2.24) is 9.61 Å². The topological polar surface area (TPSA) is 98.4 Å². The molecule has 1 fully saturated rings. The number of carbonyl (C=O) groups is 1. The van der Waals surface area contributed by atoms with Gasteiger partial charge in [0.1, 0.15) is 0 Å². The highest BCUT2D eigenvalue weighted by Gasteiger charge is 2.41. The zero-order valence-corrected chi connectivity index (χ0v) is 12.3. The summed E-state index contributed by atoms with van der Waals surface area (Å²) in [4.78, 5) is 11.7. The zero-order chi connectivity index (χ0) is 15.2. The van der Waals surface area contributed by atoms with Gasteiger partial charge in [-0.25, -0.2) is 4.52 Å². The van der Waals surface area contributed by atoms with E-state index in [0.29, 0.717) is 5.56 Å². The van der Waals surface area contributed by atoms with Gasteiger partial charge < -0.3 is 16.8 Å². The van der Waals surface area contributed by atoms with Crippen molar-refractivity contribution in [3.05, 3.63) is 30.1 Å². The maximum Gasteiger partial charge on any atom is 0.252 e. The van der Waals surface area contributed by atoms with E-state index < -0.39 is 5.91 Å². The summed E-state index contributed by atoms with van der Waals surface area (Å²) in [5.41, 5.74) is 13.7. The molecule has 1 aliphatic rings. The number of carbonyl (C=O) groups excluding carboxylic acids is 1. The molecule has 0 saturated heterocycles. The number of nitrogens with two attached hydrogens (primary N) is 2. The summed E-state index contributed by atoms with van der Waals surface area (Å²) in [5, 5.41) is 7.70. The minimum absolute atomic E-state index is 0.0399. The number of primary amides is 1.